The number of hydrogen-bond donors (Lipinski definition) is 1. The normalized spacial score (nSPS) is 22.4. The number of benzene rings is 1. The van der Waals surface area contributed by atoms with E-state index < -0.39 is 0 Å². The minimum atomic E-state index is 0.118. The Labute approximate surface area is 148 Å². The Kier molecular flexibility index (Phi) is 4.77. The summed E-state index contributed by atoms with van der Waals surface area (Å²) >= 11 is 0. The zero-order chi connectivity index (χ0) is 17.2. The van der Waals surface area contributed by atoms with E-state index in [0.29, 0.717) is 11.8 Å². The lowest BCUT2D eigenvalue weighted by Crippen LogP contribution is -2.37. The second-order valence-electron chi connectivity index (χ2n) is 7.36. The van der Waals surface area contributed by atoms with Crippen LogP contribution in [0.2, 0.25) is 0 Å². The van der Waals surface area contributed by atoms with E-state index in [-0.39, 0.29) is 5.91 Å². The first-order chi connectivity index (χ1) is 12.2. The molecule has 0 unspecified atom stereocenters. The zero-order valence-corrected chi connectivity index (χ0v) is 15.0. The number of rotatable bonds is 3. The number of aryl methyl sites for hydroxylation is 1. The predicted molar refractivity (Wildman–Crippen MR) is 99.0 cm³/mol. The Balaban J connectivity index is 1.41. The lowest BCUT2D eigenvalue weighted by molar-refractivity contribution is 0.0702. The minimum Gasteiger partial charge on any atom is -0.377 e. The molecule has 134 valence electrons. The maximum Gasteiger partial charge on any atom is 0.270 e. The second-order valence-corrected chi connectivity index (χ2v) is 7.36. The summed E-state index contributed by atoms with van der Waals surface area (Å²) in [6, 6.07) is 8.23. The first-order valence-electron chi connectivity index (χ1n) is 9.42. The van der Waals surface area contributed by atoms with Gasteiger partial charge in [-0.05, 0) is 50.4 Å². The van der Waals surface area contributed by atoms with Crippen molar-refractivity contribution in [2.75, 3.05) is 39.3 Å². The summed E-state index contributed by atoms with van der Waals surface area (Å²) in [5.41, 5.74) is 2.94. The van der Waals surface area contributed by atoms with Crippen molar-refractivity contribution in [3.8, 4) is 0 Å². The highest BCUT2D eigenvalue weighted by Crippen LogP contribution is 2.19. The minimum absolute atomic E-state index is 0.118. The molecule has 4 rings (SSSR count). The fraction of sp³-hybridized carbons (Fsp3) is 0.550. The van der Waals surface area contributed by atoms with Gasteiger partial charge in [0, 0.05) is 43.7 Å². The molecule has 2 aliphatic heterocycles. The van der Waals surface area contributed by atoms with E-state index in [1.807, 2.05) is 11.0 Å². The highest BCUT2D eigenvalue weighted by atomic mass is 16.5. The number of ether oxygens (including phenoxy) is 1. The molecule has 0 aliphatic carbocycles. The third-order valence-corrected chi connectivity index (χ3v) is 5.37. The number of fused-ring (bicyclic) bond motifs is 1. The number of aromatic amines is 1. The molecule has 2 aliphatic rings. The Morgan fingerprint density at radius 1 is 1.20 bits per heavy atom. The van der Waals surface area contributed by atoms with Gasteiger partial charge in [-0.3, -0.25) is 9.69 Å². The van der Waals surface area contributed by atoms with Gasteiger partial charge in [0.15, 0.2) is 0 Å². The number of amides is 1. The molecule has 5 nitrogen and oxygen atoms in total. The second kappa shape index (κ2) is 7.18. The standard InChI is InChI=1S/C20H27N3O2/c1-15-5-6-16-13-19(21-18(16)12-15)20(24)23-8-3-7-22(9-10-23)14-17-4-2-11-25-17/h5-6,12-13,17,21H,2-4,7-11,14H2,1H3/t17-/m1/s1. The molecule has 0 radical (unpaired) electrons. The van der Waals surface area contributed by atoms with Crippen LogP contribution in [0.1, 0.15) is 35.3 Å². The van der Waals surface area contributed by atoms with Crippen molar-refractivity contribution in [1.29, 1.82) is 0 Å². The van der Waals surface area contributed by atoms with Crippen LogP contribution < -0.4 is 0 Å². The van der Waals surface area contributed by atoms with Crippen molar-refractivity contribution >= 4 is 16.8 Å². The molecule has 5 heteroatoms. The molecule has 1 aromatic carbocycles. The predicted octanol–water partition coefficient (Wildman–Crippen LogP) is 2.80. The van der Waals surface area contributed by atoms with Crippen molar-refractivity contribution in [2.45, 2.75) is 32.3 Å². The van der Waals surface area contributed by atoms with Crippen LogP contribution in [0.5, 0.6) is 0 Å². The van der Waals surface area contributed by atoms with Gasteiger partial charge in [0.05, 0.1) is 6.10 Å². The Bertz CT molecular complexity index is 748. The summed E-state index contributed by atoms with van der Waals surface area (Å²) in [4.78, 5) is 20.7. The largest absolute Gasteiger partial charge is 0.377 e. The van der Waals surface area contributed by atoms with E-state index >= 15 is 0 Å². The van der Waals surface area contributed by atoms with Crippen LogP contribution in [0.3, 0.4) is 0 Å². The Hall–Kier alpha value is -1.85. The van der Waals surface area contributed by atoms with Crippen LogP contribution in [-0.4, -0.2) is 66.1 Å². The van der Waals surface area contributed by atoms with Gasteiger partial charge in [0.1, 0.15) is 5.69 Å². The first kappa shape index (κ1) is 16.6. The lowest BCUT2D eigenvalue weighted by atomic mass is 10.2. The smallest absolute Gasteiger partial charge is 0.270 e. The quantitative estimate of drug-likeness (QED) is 0.934. The molecule has 3 heterocycles. The number of hydrogen-bond acceptors (Lipinski definition) is 3. The van der Waals surface area contributed by atoms with Crippen molar-refractivity contribution < 1.29 is 9.53 Å². The third kappa shape index (κ3) is 3.72. The molecular weight excluding hydrogens is 314 g/mol. The van der Waals surface area contributed by atoms with Crippen molar-refractivity contribution in [2.24, 2.45) is 0 Å². The van der Waals surface area contributed by atoms with E-state index in [4.69, 9.17) is 4.74 Å². The molecule has 2 saturated heterocycles. The van der Waals surface area contributed by atoms with E-state index in [1.54, 1.807) is 0 Å². The molecule has 2 aromatic rings. The molecular formula is C20H27N3O2. The van der Waals surface area contributed by atoms with Gasteiger partial charge in [0.2, 0.25) is 0 Å². The average molecular weight is 341 g/mol. The van der Waals surface area contributed by atoms with Gasteiger partial charge in [0.25, 0.3) is 5.91 Å². The molecule has 1 N–H and O–H groups in total. The Morgan fingerprint density at radius 2 is 2.12 bits per heavy atom. The maximum absolute atomic E-state index is 12.9. The van der Waals surface area contributed by atoms with Gasteiger partial charge < -0.3 is 14.6 Å². The van der Waals surface area contributed by atoms with Gasteiger partial charge in [-0.1, -0.05) is 12.1 Å². The Morgan fingerprint density at radius 3 is 2.96 bits per heavy atom. The van der Waals surface area contributed by atoms with Crippen LogP contribution in [0, 0.1) is 6.92 Å². The molecule has 1 atom stereocenters. The van der Waals surface area contributed by atoms with Gasteiger partial charge in [-0.15, -0.1) is 0 Å². The zero-order valence-electron chi connectivity index (χ0n) is 15.0. The topological polar surface area (TPSA) is 48.6 Å². The third-order valence-electron chi connectivity index (χ3n) is 5.37. The van der Waals surface area contributed by atoms with E-state index in [1.165, 1.54) is 18.4 Å². The maximum atomic E-state index is 12.9. The molecule has 0 bridgehead atoms. The van der Waals surface area contributed by atoms with Crippen LogP contribution in [0.15, 0.2) is 24.3 Å². The van der Waals surface area contributed by atoms with Gasteiger partial charge in [-0.25, -0.2) is 0 Å². The molecule has 2 fully saturated rings. The number of nitrogens with one attached hydrogen (secondary N) is 1. The lowest BCUT2D eigenvalue weighted by Gasteiger charge is -2.23. The molecule has 0 saturated carbocycles. The number of nitrogens with zero attached hydrogens (tertiary/aromatic N) is 2. The van der Waals surface area contributed by atoms with E-state index in [0.717, 1.165) is 56.7 Å². The number of carbonyl (C=O) groups is 1. The molecule has 0 spiro atoms. The number of aromatic nitrogens is 1. The van der Waals surface area contributed by atoms with Crippen molar-refractivity contribution in [3.63, 3.8) is 0 Å². The highest BCUT2D eigenvalue weighted by Gasteiger charge is 2.24. The van der Waals surface area contributed by atoms with Crippen molar-refractivity contribution in [3.05, 3.63) is 35.5 Å². The van der Waals surface area contributed by atoms with Crippen LogP contribution in [0.25, 0.3) is 10.9 Å². The molecule has 1 amide bonds. The number of carbonyl (C=O) groups excluding carboxylic acids is 1. The summed E-state index contributed by atoms with van der Waals surface area (Å²) in [5.74, 6) is 0.118. The monoisotopic (exact) mass is 341 g/mol. The molecule has 1 aromatic heterocycles. The highest BCUT2D eigenvalue weighted by molar-refractivity contribution is 5.98. The summed E-state index contributed by atoms with van der Waals surface area (Å²) in [6.07, 6.45) is 3.77. The van der Waals surface area contributed by atoms with Gasteiger partial charge >= 0.3 is 0 Å². The summed E-state index contributed by atoms with van der Waals surface area (Å²) < 4.78 is 5.76. The summed E-state index contributed by atoms with van der Waals surface area (Å²) in [7, 11) is 0. The van der Waals surface area contributed by atoms with Crippen LogP contribution >= 0.6 is 0 Å². The van der Waals surface area contributed by atoms with Crippen molar-refractivity contribution in [1.82, 2.24) is 14.8 Å². The van der Waals surface area contributed by atoms with E-state index in [2.05, 4.69) is 35.0 Å². The summed E-state index contributed by atoms with van der Waals surface area (Å²) in [6.45, 7) is 7.59. The van der Waals surface area contributed by atoms with E-state index in [9.17, 15) is 4.79 Å². The summed E-state index contributed by atoms with van der Waals surface area (Å²) in [5, 5.41) is 1.10. The molecule has 25 heavy (non-hydrogen) atoms. The first-order valence-corrected chi connectivity index (χ1v) is 9.42. The average Bonchev–Trinajstić information content (AvgIpc) is 3.19. The van der Waals surface area contributed by atoms with Gasteiger partial charge in [-0.2, -0.15) is 0 Å². The number of H-pyrrole nitrogens is 1. The van der Waals surface area contributed by atoms with Crippen LogP contribution in [0.4, 0.5) is 0 Å². The SMILES string of the molecule is Cc1ccc2cc(C(=O)N3CCCN(C[C@H]4CCCO4)CC3)[nH]c2c1. The fourth-order valence-electron chi connectivity index (χ4n) is 3.96. The fourth-order valence-corrected chi connectivity index (χ4v) is 3.96. The van der Waals surface area contributed by atoms with Crippen LogP contribution in [-0.2, 0) is 4.74 Å².